The molecule has 3 nitrogen and oxygen atoms in total. The highest BCUT2D eigenvalue weighted by Gasteiger charge is 2.24. The van der Waals surface area contributed by atoms with E-state index in [1.54, 1.807) is 0 Å². The minimum atomic E-state index is 0.426. The molecule has 0 spiro atoms. The van der Waals surface area contributed by atoms with Crippen molar-refractivity contribution in [1.82, 2.24) is 15.1 Å². The normalized spacial score (nSPS) is 17.0. The first-order chi connectivity index (χ1) is 15.2. The first-order valence-electron chi connectivity index (χ1n) is 12.1. The van der Waals surface area contributed by atoms with Gasteiger partial charge < -0.3 is 5.32 Å². The Kier molecular flexibility index (Phi) is 8.48. The zero-order valence-electron chi connectivity index (χ0n) is 20.0. The molecular formula is C28H39N3. The lowest BCUT2D eigenvalue weighted by atomic mass is 9.93. The van der Waals surface area contributed by atoms with Gasteiger partial charge in [0.05, 0.1) is 11.9 Å². The number of hydrogen-bond donors (Lipinski definition) is 1. The molecule has 0 saturated carbocycles. The maximum Gasteiger partial charge on any atom is 0.0615 e. The van der Waals surface area contributed by atoms with E-state index in [0.717, 1.165) is 38.5 Å². The number of hydrogen-bond acceptors (Lipinski definition) is 2. The van der Waals surface area contributed by atoms with Gasteiger partial charge in [0.2, 0.25) is 0 Å². The molecule has 3 rings (SSSR count). The molecule has 1 aliphatic rings. The predicted octanol–water partition coefficient (Wildman–Crippen LogP) is 6.91. The predicted molar refractivity (Wildman–Crippen MR) is 134 cm³/mol. The van der Waals surface area contributed by atoms with Crippen molar-refractivity contribution < 1.29 is 0 Å². The number of rotatable bonds is 10. The summed E-state index contributed by atoms with van der Waals surface area (Å²) in [6.07, 6.45) is 18.9. The van der Waals surface area contributed by atoms with Crippen molar-refractivity contribution in [2.24, 2.45) is 0 Å². The quantitative estimate of drug-likeness (QED) is 0.426. The van der Waals surface area contributed by atoms with Gasteiger partial charge in [-0.05, 0) is 80.0 Å². The Balaban J connectivity index is 2.14. The standard InChI is InChI=1S/C28H39N3/c1-6-11-22(25-16-10-15-21-17-18-26(29-5)28(21)25)19-24(13-8-3)31-27(14-9-4)23(12-7-2)20-30-31/h6,10-11,13,15-16,19-20,26,29H,7-9,12,14,17-18H2,1-5H3/b11-6-,22-19+,24-13-. The summed E-state index contributed by atoms with van der Waals surface area (Å²) in [6, 6.07) is 7.20. The fourth-order valence-corrected chi connectivity index (χ4v) is 4.81. The zero-order chi connectivity index (χ0) is 22.2. The summed E-state index contributed by atoms with van der Waals surface area (Å²) in [6.45, 7) is 8.80. The largest absolute Gasteiger partial charge is 0.313 e. The number of nitrogens with zero attached hydrogens (tertiary/aromatic N) is 2. The van der Waals surface area contributed by atoms with Gasteiger partial charge in [0.15, 0.2) is 0 Å². The van der Waals surface area contributed by atoms with Gasteiger partial charge in [-0.25, -0.2) is 4.68 Å². The highest BCUT2D eigenvalue weighted by molar-refractivity contribution is 5.84. The molecule has 0 aliphatic heterocycles. The summed E-state index contributed by atoms with van der Waals surface area (Å²) in [7, 11) is 2.08. The second-order valence-electron chi connectivity index (χ2n) is 8.42. The van der Waals surface area contributed by atoms with Crippen LogP contribution >= 0.6 is 0 Å². The van der Waals surface area contributed by atoms with Crippen LogP contribution in [-0.4, -0.2) is 16.8 Å². The van der Waals surface area contributed by atoms with Crippen LogP contribution < -0.4 is 5.32 Å². The van der Waals surface area contributed by atoms with Crippen molar-refractivity contribution in [2.75, 3.05) is 7.05 Å². The number of aromatic nitrogens is 2. The summed E-state index contributed by atoms with van der Waals surface area (Å²) in [5.74, 6) is 0. The Bertz CT molecular complexity index is 959. The van der Waals surface area contributed by atoms with Crippen LogP contribution in [0.5, 0.6) is 0 Å². The fraction of sp³-hybridized carbons (Fsp3) is 0.464. The van der Waals surface area contributed by atoms with Crippen molar-refractivity contribution in [3.63, 3.8) is 0 Å². The van der Waals surface area contributed by atoms with Gasteiger partial charge in [-0.2, -0.15) is 5.10 Å². The molecule has 1 aromatic heterocycles. The Morgan fingerprint density at radius 1 is 1.19 bits per heavy atom. The number of allylic oxidation sites excluding steroid dienone is 6. The Labute approximate surface area is 189 Å². The number of aryl methyl sites for hydroxylation is 2. The summed E-state index contributed by atoms with van der Waals surface area (Å²) in [5.41, 5.74) is 9.48. The van der Waals surface area contributed by atoms with E-state index in [1.807, 2.05) is 0 Å². The lowest BCUT2D eigenvalue weighted by Crippen LogP contribution is -2.14. The minimum Gasteiger partial charge on any atom is -0.313 e. The van der Waals surface area contributed by atoms with E-state index in [0.29, 0.717) is 6.04 Å². The first kappa shape index (κ1) is 23.3. The SMILES string of the molecule is C\C=C/C(=C\C(=C\CC)n1ncc(CCC)c1CCC)c1cccc2c1C(NC)CC2. The third-order valence-corrected chi connectivity index (χ3v) is 6.18. The van der Waals surface area contributed by atoms with Gasteiger partial charge in [0, 0.05) is 11.7 Å². The lowest BCUT2D eigenvalue weighted by molar-refractivity contribution is 0.589. The second-order valence-corrected chi connectivity index (χ2v) is 8.42. The van der Waals surface area contributed by atoms with E-state index in [2.05, 4.69) is 93.4 Å². The summed E-state index contributed by atoms with van der Waals surface area (Å²) in [5, 5.41) is 8.38. The van der Waals surface area contributed by atoms with Crippen LogP contribution in [0.4, 0.5) is 0 Å². The van der Waals surface area contributed by atoms with Crippen molar-refractivity contribution in [3.8, 4) is 0 Å². The Hall–Kier alpha value is -2.39. The highest BCUT2D eigenvalue weighted by Crippen LogP contribution is 2.37. The Morgan fingerprint density at radius 2 is 2.00 bits per heavy atom. The van der Waals surface area contributed by atoms with Gasteiger partial charge in [0.1, 0.15) is 0 Å². The first-order valence-corrected chi connectivity index (χ1v) is 12.1. The molecule has 0 bridgehead atoms. The monoisotopic (exact) mass is 417 g/mol. The van der Waals surface area contributed by atoms with Crippen molar-refractivity contribution in [3.05, 3.63) is 76.6 Å². The molecule has 1 aromatic carbocycles. The molecule has 0 radical (unpaired) electrons. The van der Waals surface area contributed by atoms with Crippen LogP contribution in [0.3, 0.4) is 0 Å². The van der Waals surface area contributed by atoms with E-state index in [-0.39, 0.29) is 0 Å². The van der Waals surface area contributed by atoms with Crippen molar-refractivity contribution in [1.29, 1.82) is 0 Å². The molecule has 0 fully saturated rings. The minimum absolute atomic E-state index is 0.426. The number of benzene rings is 1. The zero-order valence-corrected chi connectivity index (χ0v) is 20.0. The third kappa shape index (κ3) is 5.10. The van der Waals surface area contributed by atoms with Gasteiger partial charge >= 0.3 is 0 Å². The van der Waals surface area contributed by atoms with Crippen LogP contribution in [0.2, 0.25) is 0 Å². The van der Waals surface area contributed by atoms with Crippen LogP contribution in [0.25, 0.3) is 11.3 Å². The van der Waals surface area contributed by atoms with E-state index >= 15 is 0 Å². The summed E-state index contributed by atoms with van der Waals surface area (Å²) in [4.78, 5) is 0. The van der Waals surface area contributed by atoms with Gasteiger partial charge in [-0.1, -0.05) is 70.0 Å². The lowest BCUT2D eigenvalue weighted by Gasteiger charge is -2.17. The molecular weight excluding hydrogens is 378 g/mol. The highest BCUT2D eigenvalue weighted by atomic mass is 15.3. The number of fused-ring (bicyclic) bond motifs is 1. The molecule has 2 aromatic rings. The average molecular weight is 418 g/mol. The molecule has 166 valence electrons. The summed E-state index contributed by atoms with van der Waals surface area (Å²) >= 11 is 0. The van der Waals surface area contributed by atoms with E-state index < -0.39 is 0 Å². The van der Waals surface area contributed by atoms with Gasteiger partial charge in [-0.3, -0.25) is 0 Å². The average Bonchev–Trinajstić information content (AvgIpc) is 3.37. The van der Waals surface area contributed by atoms with Crippen molar-refractivity contribution >= 4 is 11.3 Å². The molecule has 1 heterocycles. The molecule has 1 unspecified atom stereocenters. The molecule has 31 heavy (non-hydrogen) atoms. The Morgan fingerprint density at radius 3 is 2.68 bits per heavy atom. The van der Waals surface area contributed by atoms with E-state index in [9.17, 15) is 0 Å². The molecule has 1 N–H and O–H groups in total. The maximum atomic E-state index is 4.85. The fourth-order valence-electron chi connectivity index (χ4n) is 4.81. The topological polar surface area (TPSA) is 29.9 Å². The second kappa shape index (κ2) is 11.3. The van der Waals surface area contributed by atoms with Crippen LogP contribution in [-0.2, 0) is 19.3 Å². The smallest absolute Gasteiger partial charge is 0.0615 e. The molecule has 0 amide bonds. The molecule has 0 saturated heterocycles. The summed E-state index contributed by atoms with van der Waals surface area (Å²) < 4.78 is 2.19. The third-order valence-electron chi connectivity index (χ3n) is 6.18. The van der Waals surface area contributed by atoms with Crippen LogP contribution in [0, 0.1) is 0 Å². The molecule has 1 atom stereocenters. The van der Waals surface area contributed by atoms with Gasteiger partial charge in [0.25, 0.3) is 0 Å². The van der Waals surface area contributed by atoms with E-state index in [4.69, 9.17) is 5.10 Å². The van der Waals surface area contributed by atoms with Gasteiger partial charge in [-0.15, -0.1) is 0 Å². The van der Waals surface area contributed by atoms with Crippen LogP contribution in [0.15, 0.2) is 48.7 Å². The number of nitrogens with one attached hydrogen (secondary N) is 1. The van der Waals surface area contributed by atoms with Crippen molar-refractivity contribution in [2.45, 2.75) is 78.7 Å². The van der Waals surface area contributed by atoms with E-state index in [1.165, 1.54) is 45.6 Å². The maximum absolute atomic E-state index is 4.85. The molecule has 3 heteroatoms. The molecule has 1 aliphatic carbocycles. The van der Waals surface area contributed by atoms with Crippen LogP contribution in [0.1, 0.15) is 87.4 Å².